The topological polar surface area (TPSA) is 74.6 Å². The molecular weight excluding hydrogens is 400 g/mol. The second-order valence-corrected chi connectivity index (χ2v) is 9.04. The fraction of sp³-hybridized carbons (Fsp3) is 0.857. The van der Waals surface area contributed by atoms with Crippen molar-refractivity contribution in [3.63, 3.8) is 0 Å². The van der Waals surface area contributed by atoms with Gasteiger partial charge in [0.15, 0.2) is 0 Å². The number of allylic oxidation sites excluding steroid dienone is 1. The maximum atomic E-state index is 10.4. The molecule has 4 nitrogen and oxygen atoms in total. The minimum absolute atomic E-state index is 0.346. The van der Waals surface area contributed by atoms with Crippen molar-refractivity contribution in [3.8, 4) is 0 Å². The van der Waals surface area contributed by atoms with Gasteiger partial charge in [0.25, 0.3) is 0 Å². The number of hydrogen-bond acceptors (Lipinski definition) is 2. The molecule has 0 amide bonds. The molecular formula is C28H54O4. The van der Waals surface area contributed by atoms with Gasteiger partial charge in [-0.05, 0) is 12.8 Å². The van der Waals surface area contributed by atoms with E-state index in [0.717, 1.165) is 25.7 Å². The summed E-state index contributed by atoms with van der Waals surface area (Å²) in [5, 5.41) is 16.6. The summed E-state index contributed by atoms with van der Waals surface area (Å²) in [7, 11) is 0. The molecule has 0 radical (unpaired) electrons. The number of hydrogen-bond donors (Lipinski definition) is 2. The van der Waals surface area contributed by atoms with Crippen molar-refractivity contribution in [2.45, 2.75) is 155 Å². The van der Waals surface area contributed by atoms with Crippen LogP contribution in [0.5, 0.6) is 0 Å². The SMILES string of the molecule is CCCC=CC(=O)O.CCCCCCCCCCCCCCCCCCCCCC(=O)O. The number of carboxylic acids is 2. The van der Waals surface area contributed by atoms with Crippen LogP contribution in [-0.4, -0.2) is 22.2 Å². The number of carbonyl (C=O) groups is 2. The summed E-state index contributed by atoms with van der Waals surface area (Å²) in [6.07, 6.45) is 30.8. The zero-order valence-corrected chi connectivity index (χ0v) is 21.4. The van der Waals surface area contributed by atoms with Crippen LogP contribution in [0.25, 0.3) is 0 Å². The van der Waals surface area contributed by atoms with Gasteiger partial charge in [-0.3, -0.25) is 4.79 Å². The fourth-order valence-electron chi connectivity index (χ4n) is 3.71. The highest BCUT2D eigenvalue weighted by Gasteiger charge is 1.97. The summed E-state index contributed by atoms with van der Waals surface area (Å²) in [5.74, 6) is -1.51. The Morgan fingerprint density at radius 1 is 0.531 bits per heavy atom. The van der Waals surface area contributed by atoms with E-state index in [2.05, 4.69) is 6.92 Å². The summed E-state index contributed by atoms with van der Waals surface area (Å²) in [5.41, 5.74) is 0. The zero-order chi connectivity index (χ0) is 24.1. The van der Waals surface area contributed by atoms with Crippen molar-refractivity contribution >= 4 is 11.9 Å². The van der Waals surface area contributed by atoms with Crippen molar-refractivity contribution in [1.82, 2.24) is 0 Å². The standard InChI is InChI=1S/C22H44O2.C6H10O2/c1-2-3-4-5-6-7-8-9-10-11-12-13-14-15-16-17-18-19-20-21-22(23)24;1-2-3-4-5-6(7)8/h2-21H2,1H3,(H,23,24);4-5H,2-3H2,1H3,(H,7,8). The molecule has 2 N–H and O–H groups in total. The summed E-state index contributed by atoms with van der Waals surface area (Å²) in [6.45, 7) is 4.29. The fourth-order valence-corrected chi connectivity index (χ4v) is 3.71. The Labute approximate surface area is 199 Å². The highest BCUT2D eigenvalue weighted by atomic mass is 16.4. The molecule has 0 saturated carbocycles. The maximum absolute atomic E-state index is 10.4. The molecule has 0 aromatic carbocycles. The van der Waals surface area contributed by atoms with Crippen LogP contribution in [0.1, 0.15) is 155 Å². The van der Waals surface area contributed by atoms with Gasteiger partial charge in [0.2, 0.25) is 0 Å². The van der Waals surface area contributed by atoms with E-state index in [1.54, 1.807) is 6.08 Å². The molecule has 0 unspecified atom stereocenters. The Bertz CT molecular complexity index is 418. The molecule has 0 fully saturated rings. The van der Waals surface area contributed by atoms with Crippen LogP contribution in [0.2, 0.25) is 0 Å². The normalized spacial score (nSPS) is 10.8. The first-order valence-electron chi connectivity index (χ1n) is 13.7. The molecule has 0 aliphatic heterocycles. The molecule has 0 saturated heterocycles. The molecule has 0 heterocycles. The summed E-state index contributed by atoms with van der Waals surface area (Å²) in [6, 6.07) is 0. The van der Waals surface area contributed by atoms with Crippen LogP contribution in [0.15, 0.2) is 12.2 Å². The van der Waals surface area contributed by atoms with Crippen LogP contribution in [0.3, 0.4) is 0 Å². The lowest BCUT2D eigenvalue weighted by molar-refractivity contribution is -0.137. The summed E-state index contributed by atoms with van der Waals surface area (Å²) >= 11 is 0. The first-order valence-corrected chi connectivity index (χ1v) is 13.7. The van der Waals surface area contributed by atoms with Crippen molar-refractivity contribution in [1.29, 1.82) is 0 Å². The maximum Gasteiger partial charge on any atom is 0.327 e. The van der Waals surface area contributed by atoms with E-state index < -0.39 is 11.9 Å². The molecule has 4 heteroatoms. The molecule has 0 bridgehead atoms. The number of unbranched alkanes of at least 4 members (excludes halogenated alkanes) is 19. The Balaban J connectivity index is 0. The lowest BCUT2D eigenvalue weighted by Gasteiger charge is -2.03. The van der Waals surface area contributed by atoms with E-state index in [9.17, 15) is 9.59 Å². The first-order chi connectivity index (χ1) is 15.5. The Kier molecular flexibility index (Phi) is 30.5. The molecule has 0 atom stereocenters. The molecule has 0 spiro atoms. The highest BCUT2D eigenvalue weighted by molar-refractivity contribution is 5.79. The average molecular weight is 455 g/mol. The predicted molar refractivity (Wildman–Crippen MR) is 137 cm³/mol. The Morgan fingerprint density at radius 3 is 1.16 bits per heavy atom. The number of aliphatic carboxylic acids is 2. The highest BCUT2D eigenvalue weighted by Crippen LogP contribution is 2.14. The van der Waals surface area contributed by atoms with Crippen molar-refractivity contribution in [2.75, 3.05) is 0 Å². The third-order valence-electron chi connectivity index (χ3n) is 5.71. The van der Waals surface area contributed by atoms with Crippen molar-refractivity contribution in [3.05, 3.63) is 12.2 Å². The quantitative estimate of drug-likeness (QED) is 0.119. The number of rotatable bonds is 23. The van der Waals surface area contributed by atoms with E-state index in [1.807, 2.05) is 6.92 Å². The van der Waals surface area contributed by atoms with E-state index in [-0.39, 0.29) is 0 Å². The van der Waals surface area contributed by atoms with Crippen LogP contribution in [-0.2, 0) is 9.59 Å². The summed E-state index contributed by atoms with van der Waals surface area (Å²) in [4.78, 5) is 20.2. The van der Waals surface area contributed by atoms with Gasteiger partial charge in [-0.1, -0.05) is 142 Å². The average Bonchev–Trinajstić information content (AvgIpc) is 2.75. The Morgan fingerprint density at radius 2 is 0.875 bits per heavy atom. The molecule has 0 aliphatic carbocycles. The molecule has 190 valence electrons. The van der Waals surface area contributed by atoms with E-state index in [0.29, 0.717) is 6.42 Å². The van der Waals surface area contributed by atoms with Crippen molar-refractivity contribution in [2.24, 2.45) is 0 Å². The second-order valence-electron chi connectivity index (χ2n) is 9.04. The van der Waals surface area contributed by atoms with E-state index in [4.69, 9.17) is 10.2 Å². The molecule has 0 rings (SSSR count). The van der Waals surface area contributed by atoms with Gasteiger partial charge < -0.3 is 10.2 Å². The lowest BCUT2D eigenvalue weighted by atomic mass is 10.0. The largest absolute Gasteiger partial charge is 0.481 e. The minimum Gasteiger partial charge on any atom is -0.481 e. The van der Waals surface area contributed by atoms with Gasteiger partial charge in [-0.25, -0.2) is 4.79 Å². The van der Waals surface area contributed by atoms with Gasteiger partial charge in [0.1, 0.15) is 0 Å². The van der Waals surface area contributed by atoms with Gasteiger partial charge in [0.05, 0.1) is 0 Å². The van der Waals surface area contributed by atoms with Crippen LogP contribution >= 0.6 is 0 Å². The van der Waals surface area contributed by atoms with E-state index >= 15 is 0 Å². The van der Waals surface area contributed by atoms with E-state index in [1.165, 1.54) is 115 Å². The smallest absolute Gasteiger partial charge is 0.327 e. The second kappa shape index (κ2) is 29.7. The Hall–Kier alpha value is -1.32. The third-order valence-corrected chi connectivity index (χ3v) is 5.71. The zero-order valence-electron chi connectivity index (χ0n) is 21.4. The van der Waals surface area contributed by atoms with Gasteiger partial charge >= 0.3 is 11.9 Å². The van der Waals surface area contributed by atoms with Crippen molar-refractivity contribution < 1.29 is 19.8 Å². The number of carboxylic acid groups (broad SMARTS) is 2. The van der Waals surface area contributed by atoms with Gasteiger partial charge in [-0.15, -0.1) is 0 Å². The van der Waals surface area contributed by atoms with Crippen LogP contribution in [0, 0.1) is 0 Å². The monoisotopic (exact) mass is 454 g/mol. The minimum atomic E-state index is -0.863. The van der Waals surface area contributed by atoms with Gasteiger partial charge in [-0.2, -0.15) is 0 Å². The lowest BCUT2D eigenvalue weighted by Crippen LogP contribution is -1.93. The first kappa shape index (κ1) is 32.9. The molecule has 32 heavy (non-hydrogen) atoms. The predicted octanol–water partition coefficient (Wildman–Crippen LogP) is 9.32. The molecule has 0 aromatic rings. The van der Waals surface area contributed by atoms with Gasteiger partial charge in [0, 0.05) is 12.5 Å². The van der Waals surface area contributed by atoms with Crippen LogP contribution < -0.4 is 0 Å². The summed E-state index contributed by atoms with van der Waals surface area (Å²) < 4.78 is 0. The molecule has 0 aliphatic rings. The van der Waals surface area contributed by atoms with Crippen LogP contribution in [0.4, 0.5) is 0 Å². The third kappa shape index (κ3) is 36.1. The molecule has 0 aromatic heterocycles.